The maximum Gasteiger partial charge on any atom is 0.244 e. The molecule has 98 valence electrons. The molecular weight excluding hydrogens is 272 g/mol. The van der Waals surface area contributed by atoms with Crippen molar-refractivity contribution in [1.29, 1.82) is 0 Å². The summed E-state index contributed by atoms with van der Waals surface area (Å²) in [6, 6.07) is 1.47. The first-order chi connectivity index (χ1) is 8.52. The topological polar surface area (TPSA) is 50.3 Å². The average Bonchev–Trinajstić information content (AvgIpc) is 2.74. The normalized spacial score (nSPS) is 23.2. The molecule has 0 N–H and O–H groups in total. The lowest BCUT2D eigenvalue weighted by Crippen LogP contribution is -2.35. The Kier molecular flexibility index (Phi) is 2.88. The molecule has 1 aliphatic carbocycles. The number of rotatable bonds is 2. The third kappa shape index (κ3) is 1.94. The average molecular weight is 287 g/mol. The van der Waals surface area contributed by atoms with E-state index in [0.29, 0.717) is 18.1 Å². The third-order valence-corrected chi connectivity index (χ3v) is 6.15. The van der Waals surface area contributed by atoms with Gasteiger partial charge in [0.15, 0.2) is 0 Å². The highest BCUT2D eigenvalue weighted by molar-refractivity contribution is 7.89. The lowest BCUT2D eigenvalue weighted by molar-refractivity contribution is 0.153. The highest BCUT2D eigenvalue weighted by Gasteiger charge is 2.46. The van der Waals surface area contributed by atoms with Crippen molar-refractivity contribution in [2.45, 2.75) is 30.6 Å². The molecule has 0 aromatic carbocycles. The first-order valence-corrected chi connectivity index (χ1v) is 7.94. The fraction of sp³-hybridized carbons (Fsp3) is 0.583. The minimum atomic E-state index is -3.42. The molecule has 1 aromatic rings. The van der Waals surface area contributed by atoms with Gasteiger partial charge in [0, 0.05) is 25.5 Å². The molecule has 2 fully saturated rings. The van der Waals surface area contributed by atoms with Crippen molar-refractivity contribution in [3.8, 4) is 0 Å². The van der Waals surface area contributed by atoms with Crippen molar-refractivity contribution >= 4 is 21.6 Å². The van der Waals surface area contributed by atoms with Crippen molar-refractivity contribution in [3.63, 3.8) is 0 Å². The van der Waals surface area contributed by atoms with Gasteiger partial charge in [0.2, 0.25) is 10.0 Å². The number of hydrogen-bond donors (Lipinski definition) is 0. The molecule has 0 bridgehead atoms. The van der Waals surface area contributed by atoms with Gasteiger partial charge in [0.05, 0.1) is 5.02 Å². The molecule has 1 aromatic heterocycles. The summed E-state index contributed by atoms with van der Waals surface area (Å²) in [6.45, 7) is 1.27. The third-order valence-electron chi connectivity index (χ3n) is 4.14. The smallest absolute Gasteiger partial charge is 0.244 e. The molecule has 3 rings (SSSR count). The summed E-state index contributed by atoms with van der Waals surface area (Å²) in [5.74, 6) is 0. The van der Waals surface area contributed by atoms with E-state index in [1.807, 2.05) is 0 Å². The van der Waals surface area contributed by atoms with Crippen LogP contribution in [0.25, 0.3) is 0 Å². The molecule has 0 unspecified atom stereocenters. The van der Waals surface area contributed by atoms with Crippen LogP contribution in [0.15, 0.2) is 23.4 Å². The van der Waals surface area contributed by atoms with E-state index >= 15 is 0 Å². The number of nitrogens with zero attached hydrogens (tertiary/aromatic N) is 2. The standard InChI is InChI=1S/C12H15ClN2O2S/c13-10-6-11(8-14-7-10)18(16,17)15-5-4-12(9-15)2-1-3-12/h6-8H,1-5,9H2. The van der Waals surface area contributed by atoms with Gasteiger partial charge in [-0.15, -0.1) is 0 Å². The first kappa shape index (κ1) is 12.4. The maximum absolute atomic E-state index is 12.4. The highest BCUT2D eigenvalue weighted by Crippen LogP contribution is 2.49. The second-order valence-electron chi connectivity index (χ2n) is 5.28. The minimum absolute atomic E-state index is 0.200. The molecule has 1 saturated carbocycles. The quantitative estimate of drug-likeness (QED) is 0.838. The maximum atomic E-state index is 12.4. The molecule has 1 spiro atoms. The van der Waals surface area contributed by atoms with Crippen molar-refractivity contribution in [2.24, 2.45) is 5.41 Å². The Morgan fingerprint density at radius 1 is 1.28 bits per heavy atom. The van der Waals surface area contributed by atoms with Crippen molar-refractivity contribution in [2.75, 3.05) is 13.1 Å². The van der Waals surface area contributed by atoms with Gasteiger partial charge in [-0.05, 0) is 30.7 Å². The number of sulfonamides is 1. The lowest BCUT2D eigenvalue weighted by Gasteiger charge is -2.37. The van der Waals surface area contributed by atoms with Crippen LogP contribution in [-0.4, -0.2) is 30.8 Å². The summed E-state index contributed by atoms with van der Waals surface area (Å²) in [7, 11) is -3.42. The Bertz CT molecular complexity index is 569. The first-order valence-electron chi connectivity index (χ1n) is 6.13. The van der Waals surface area contributed by atoms with Crippen LogP contribution in [-0.2, 0) is 10.0 Å². The second-order valence-corrected chi connectivity index (χ2v) is 7.66. The van der Waals surface area contributed by atoms with Crippen LogP contribution >= 0.6 is 11.6 Å². The largest absolute Gasteiger partial charge is 0.262 e. The van der Waals surface area contributed by atoms with E-state index in [4.69, 9.17) is 11.6 Å². The SMILES string of the molecule is O=S(=O)(c1cncc(Cl)c1)N1CCC2(CCC2)C1. The molecular formula is C12H15ClN2O2S. The summed E-state index contributed by atoms with van der Waals surface area (Å²) in [5, 5.41) is 0.355. The van der Waals surface area contributed by atoms with E-state index < -0.39 is 10.0 Å². The molecule has 1 aliphatic heterocycles. The van der Waals surface area contributed by atoms with E-state index in [2.05, 4.69) is 4.98 Å². The Morgan fingerprint density at radius 3 is 2.61 bits per heavy atom. The van der Waals surface area contributed by atoms with Crippen molar-refractivity contribution in [1.82, 2.24) is 9.29 Å². The van der Waals surface area contributed by atoms with Crippen LogP contribution < -0.4 is 0 Å². The fourth-order valence-electron chi connectivity index (χ4n) is 2.87. The van der Waals surface area contributed by atoms with Crippen LogP contribution in [0.3, 0.4) is 0 Å². The molecule has 0 amide bonds. The van der Waals surface area contributed by atoms with Gasteiger partial charge in [0.1, 0.15) is 4.90 Å². The number of aromatic nitrogens is 1. The number of halogens is 1. The Labute approximate surface area is 112 Å². The van der Waals surface area contributed by atoms with Crippen LogP contribution in [0.2, 0.25) is 5.02 Å². The van der Waals surface area contributed by atoms with Crippen molar-refractivity contribution in [3.05, 3.63) is 23.5 Å². The summed E-state index contributed by atoms with van der Waals surface area (Å²) < 4.78 is 26.5. The van der Waals surface area contributed by atoms with Gasteiger partial charge < -0.3 is 0 Å². The zero-order chi connectivity index (χ0) is 12.8. The van der Waals surface area contributed by atoms with Gasteiger partial charge in [-0.3, -0.25) is 4.98 Å². The Morgan fingerprint density at radius 2 is 2.06 bits per heavy atom. The van der Waals surface area contributed by atoms with Crippen LogP contribution in [0.4, 0.5) is 0 Å². The van der Waals surface area contributed by atoms with E-state index in [-0.39, 0.29) is 10.3 Å². The lowest BCUT2D eigenvalue weighted by atomic mass is 9.68. The molecule has 2 aliphatic rings. The van der Waals surface area contributed by atoms with E-state index in [1.54, 1.807) is 4.31 Å². The number of pyridine rings is 1. The molecule has 4 nitrogen and oxygen atoms in total. The summed E-state index contributed by atoms with van der Waals surface area (Å²) in [4.78, 5) is 4.05. The van der Waals surface area contributed by atoms with Crippen molar-refractivity contribution < 1.29 is 8.42 Å². The summed E-state index contributed by atoms with van der Waals surface area (Å²) in [5.41, 5.74) is 0.263. The second kappa shape index (κ2) is 4.18. The van der Waals surface area contributed by atoms with Crippen LogP contribution in [0.5, 0.6) is 0 Å². The Balaban J connectivity index is 1.87. The Hall–Kier alpha value is -0.650. The molecule has 0 atom stereocenters. The van der Waals surface area contributed by atoms with Gasteiger partial charge in [-0.1, -0.05) is 18.0 Å². The molecule has 0 radical (unpaired) electrons. The predicted molar refractivity (Wildman–Crippen MR) is 68.9 cm³/mol. The van der Waals surface area contributed by atoms with E-state index in [0.717, 1.165) is 19.3 Å². The molecule has 2 heterocycles. The number of hydrogen-bond acceptors (Lipinski definition) is 3. The predicted octanol–water partition coefficient (Wildman–Crippen LogP) is 2.30. The van der Waals surface area contributed by atoms with Crippen LogP contribution in [0.1, 0.15) is 25.7 Å². The fourth-order valence-corrected chi connectivity index (χ4v) is 4.65. The minimum Gasteiger partial charge on any atom is -0.262 e. The van der Waals surface area contributed by atoms with Gasteiger partial charge in [-0.25, -0.2) is 8.42 Å². The zero-order valence-corrected chi connectivity index (χ0v) is 11.5. The van der Waals surface area contributed by atoms with E-state index in [1.165, 1.54) is 24.9 Å². The van der Waals surface area contributed by atoms with Gasteiger partial charge in [-0.2, -0.15) is 4.31 Å². The summed E-state index contributed by atoms with van der Waals surface area (Å²) >= 11 is 5.81. The highest BCUT2D eigenvalue weighted by atomic mass is 35.5. The van der Waals surface area contributed by atoms with Crippen LogP contribution in [0, 0.1) is 5.41 Å². The molecule has 18 heavy (non-hydrogen) atoms. The zero-order valence-electron chi connectivity index (χ0n) is 9.97. The van der Waals surface area contributed by atoms with E-state index in [9.17, 15) is 8.42 Å². The van der Waals surface area contributed by atoms with Gasteiger partial charge >= 0.3 is 0 Å². The summed E-state index contributed by atoms with van der Waals surface area (Å²) in [6.07, 6.45) is 7.34. The molecule has 6 heteroatoms. The monoisotopic (exact) mass is 286 g/mol. The van der Waals surface area contributed by atoms with Gasteiger partial charge in [0.25, 0.3) is 0 Å². The molecule has 1 saturated heterocycles.